The molecule has 1 unspecified atom stereocenters. The van der Waals surface area contributed by atoms with Crippen LogP contribution in [0.15, 0.2) is 30.5 Å². The van der Waals surface area contributed by atoms with E-state index in [4.69, 9.17) is 21.1 Å². The first kappa shape index (κ1) is 12.6. The van der Waals surface area contributed by atoms with E-state index in [2.05, 4.69) is 4.98 Å². The zero-order chi connectivity index (χ0) is 13.3. The summed E-state index contributed by atoms with van der Waals surface area (Å²) in [7, 11) is 0. The number of aromatic nitrogens is 1. The highest BCUT2D eigenvalue weighted by atomic mass is 35.5. The van der Waals surface area contributed by atoms with Crippen molar-refractivity contribution in [3.8, 4) is 5.75 Å². The van der Waals surface area contributed by atoms with E-state index in [0.29, 0.717) is 23.9 Å². The summed E-state index contributed by atoms with van der Waals surface area (Å²) < 4.78 is 24.7. The van der Waals surface area contributed by atoms with Crippen molar-refractivity contribution in [3.05, 3.63) is 35.6 Å². The molecule has 2 aromatic rings. The molecule has 5 heteroatoms. The first-order valence-corrected chi connectivity index (χ1v) is 6.48. The predicted octanol–water partition coefficient (Wildman–Crippen LogP) is 3.40. The molecule has 1 aliphatic heterocycles. The van der Waals surface area contributed by atoms with Crippen LogP contribution in [0.2, 0.25) is 5.15 Å². The summed E-state index contributed by atoms with van der Waals surface area (Å²) in [6.07, 6.45) is 2.02. The Bertz CT molecular complexity index is 599. The van der Waals surface area contributed by atoms with Gasteiger partial charge in [-0.05, 0) is 29.7 Å². The second kappa shape index (κ2) is 4.94. The molecule has 0 aliphatic carbocycles. The number of ether oxygens (including phenoxy) is 2. The third kappa shape index (κ3) is 2.65. The molecule has 2 heterocycles. The van der Waals surface area contributed by atoms with Gasteiger partial charge >= 0.3 is 0 Å². The van der Waals surface area contributed by atoms with E-state index in [1.807, 2.05) is 18.2 Å². The molecule has 1 fully saturated rings. The molecule has 0 spiro atoms. The molecule has 1 saturated heterocycles. The predicted molar refractivity (Wildman–Crippen MR) is 71.5 cm³/mol. The first-order chi connectivity index (χ1) is 9.16. The van der Waals surface area contributed by atoms with Crippen LogP contribution in [0.1, 0.15) is 6.42 Å². The monoisotopic (exact) mass is 281 g/mol. The summed E-state index contributed by atoms with van der Waals surface area (Å²) in [5.74, 6) is 0.624. The van der Waals surface area contributed by atoms with Crippen LogP contribution in [0.3, 0.4) is 0 Å². The van der Waals surface area contributed by atoms with Gasteiger partial charge in [-0.1, -0.05) is 11.6 Å². The van der Waals surface area contributed by atoms with Crippen LogP contribution in [-0.4, -0.2) is 30.5 Å². The quantitative estimate of drug-likeness (QED) is 0.808. The van der Waals surface area contributed by atoms with Gasteiger partial charge in [0.05, 0.1) is 6.61 Å². The molecule has 0 bridgehead atoms. The summed E-state index contributed by atoms with van der Waals surface area (Å²) in [4.78, 5) is 4.01. The van der Waals surface area contributed by atoms with Crippen molar-refractivity contribution in [3.63, 3.8) is 0 Å². The highest BCUT2D eigenvalue weighted by molar-refractivity contribution is 6.34. The zero-order valence-corrected chi connectivity index (χ0v) is 11.0. The Morgan fingerprint density at radius 2 is 2.32 bits per heavy atom. The molecule has 100 valence electrons. The lowest BCUT2D eigenvalue weighted by atomic mass is 10.1. The lowest BCUT2D eigenvalue weighted by Crippen LogP contribution is -2.31. The fourth-order valence-corrected chi connectivity index (χ4v) is 2.35. The van der Waals surface area contributed by atoms with E-state index in [1.54, 1.807) is 12.3 Å². The van der Waals surface area contributed by atoms with Gasteiger partial charge in [-0.3, -0.25) is 0 Å². The Hall–Kier alpha value is -1.39. The van der Waals surface area contributed by atoms with Crippen molar-refractivity contribution in [2.75, 3.05) is 19.8 Å². The van der Waals surface area contributed by atoms with Crippen molar-refractivity contribution >= 4 is 22.4 Å². The molecular formula is C14H13ClFNO2. The highest BCUT2D eigenvalue weighted by Gasteiger charge is 2.35. The van der Waals surface area contributed by atoms with E-state index < -0.39 is 5.67 Å². The molecule has 0 radical (unpaired) electrons. The third-order valence-electron chi connectivity index (χ3n) is 3.24. The molecule has 1 aliphatic rings. The normalized spacial score (nSPS) is 22.8. The van der Waals surface area contributed by atoms with Crippen LogP contribution in [0.5, 0.6) is 5.75 Å². The van der Waals surface area contributed by atoms with E-state index in [1.165, 1.54) is 0 Å². The minimum atomic E-state index is -1.37. The maximum atomic E-state index is 14.1. The Kier molecular flexibility index (Phi) is 3.29. The first-order valence-electron chi connectivity index (χ1n) is 6.10. The minimum Gasteiger partial charge on any atom is -0.490 e. The minimum absolute atomic E-state index is 0.0112. The molecule has 1 atom stereocenters. The standard InChI is InChI=1S/C14H13ClFNO2/c15-13-12-2-1-11(7-10(12)3-5-17-13)19-9-14(16)4-6-18-8-14/h1-3,5,7H,4,6,8-9H2. The molecule has 0 N–H and O–H groups in total. The fourth-order valence-electron chi connectivity index (χ4n) is 2.12. The van der Waals surface area contributed by atoms with Crippen LogP contribution in [0, 0.1) is 0 Å². The van der Waals surface area contributed by atoms with Crippen molar-refractivity contribution in [1.29, 1.82) is 0 Å². The SMILES string of the molecule is FC1(COc2ccc3c(Cl)nccc3c2)CCOC1. The molecule has 0 saturated carbocycles. The molecule has 0 amide bonds. The maximum Gasteiger partial charge on any atom is 0.170 e. The Morgan fingerprint density at radius 3 is 3.11 bits per heavy atom. The Balaban J connectivity index is 1.78. The maximum absolute atomic E-state index is 14.1. The van der Waals surface area contributed by atoms with Gasteiger partial charge < -0.3 is 9.47 Å². The van der Waals surface area contributed by atoms with Gasteiger partial charge in [0.2, 0.25) is 0 Å². The van der Waals surface area contributed by atoms with E-state index in [0.717, 1.165) is 10.8 Å². The van der Waals surface area contributed by atoms with Crippen LogP contribution in [-0.2, 0) is 4.74 Å². The molecule has 1 aromatic carbocycles. The van der Waals surface area contributed by atoms with Gasteiger partial charge in [0.15, 0.2) is 5.67 Å². The number of alkyl halides is 1. The number of hydrogen-bond donors (Lipinski definition) is 0. The average molecular weight is 282 g/mol. The van der Waals surface area contributed by atoms with Gasteiger partial charge in [0.1, 0.15) is 17.5 Å². The molecule has 1 aromatic heterocycles. The Labute approximate surface area is 115 Å². The van der Waals surface area contributed by atoms with E-state index in [9.17, 15) is 4.39 Å². The summed E-state index contributed by atoms with van der Waals surface area (Å²) in [5.41, 5.74) is -1.37. The third-order valence-corrected chi connectivity index (χ3v) is 3.54. The second-order valence-corrected chi connectivity index (χ2v) is 5.08. The molecule has 3 rings (SSSR count). The van der Waals surface area contributed by atoms with Gasteiger partial charge in [-0.25, -0.2) is 9.37 Å². The van der Waals surface area contributed by atoms with Crippen LogP contribution in [0.25, 0.3) is 10.8 Å². The van der Waals surface area contributed by atoms with Crippen molar-refractivity contribution in [2.45, 2.75) is 12.1 Å². The molecular weight excluding hydrogens is 269 g/mol. The summed E-state index contributed by atoms with van der Waals surface area (Å²) in [6, 6.07) is 7.28. The van der Waals surface area contributed by atoms with Crippen LogP contribution >= 0.6 is 11.6 Å². The van der Waals surface area contributed by atoms with Gasteiger partial charge in [0, 0.05) is 24.6 Å². The number of pyridine rings is 1. The van der Waals surface area contributed by atoms with Gasteiger partial charge in [-0.15, -0.1) is 0 Å². The smallest absolute Gasteiger partial charge is 0.170 e. The summed E-state index contributed by atoms with van der Waals surface area (Å²) in [6.45, 7) is 0.576. The van der Waals surface area contributed by atoms with Gasteiger partial charge in [0.25, 0.3) is 0 Å². The van der Waals surface area contributed by atoms with Crippen LogP contribution < -0.4 is 4.74 Å². The Morgan fingerprint density at radius 1 is 1.42 bits per heavy atom. The van der Waals surface area contributed by atoms with Crippen molar-refractivity contribution in [2.24, 2.45) is 0 Å². The molecule has 19 heavy (non-hydrogen) atoms. The fraction of sp³-hybridized carbons (Fsp3) is 0.357. The molecule has 3 nitrogen and oxygen atoms in total. The number of nitrogens with zero attached hydrogens (tertiary/aromatic N) is 1. The van der Waals surface area contributed by atoms with Crippen molar-refractivity contribution in [1.82, 2.24) is 4.98 Å². The summed E-state index contributed by atoms with van der Waals surface area (Å²) >= 11 is 5.98. The van der Waals surface area contributed by atoms with E-state index in [-0.39, 0.29) is 13.2 Å². The lowest BCUT2D eigenvalue weighted by Gasteiger charge is -2.18. The number of fused-ring (bicyclic) bond motifs is 1. The summed E-state index contributed by atoms with van der Waals surface area (Å²) in [5, 5.41) is 2.24. The topological polar surface area (TPSA) is 31.4 Å². The number of hydrogen-bond acceptors (Lipinski definition) is 3. The number of halogens is 2. The number of benzene rings is 1. The van der Waals surface area contributed by atoms with E-state index >= 15 is 0 Å². The number of rotatable bonds is 3. The van der Waals surface area contributed by atoms with Crippen LogP contribution in [0.4, 0.5) is 4.39 Å². The average Bonchev–Trinajstić information content (AvgIpc) is 2.84. The second-order valence-electron chi connectivity index (χ2n) is 4.73. The lowest BCUT2D eigenvalue weighted by molar-refractivity contribution is 0.0644. The largest absolute Gasteiger partial charge is 0.490 e. The van der Waals surface area contributed by atoms with Crippen molar-refractivity contribution < 1.29 is 13.9 Å². The highest BCUT2D eigenvalue weighted by Crippen LogP contribution is 2.28. The van der Waals surface area contributed by atoms with Gasteiger partial charge in [-0.2, -0.15) is 0 Å². The zero-order valence-electron chi connectivity index (χ0n) is 10.2.